The van der Waals surface area contributed by atoms with Crippen LogP contribution in [0.1, 0.15) is 65.4 Å². The van der Waals surface area contributed by atoms with Gasteiger partial charge in [0, 0.05) is 10.3 Å². The van der Waals surface area contributed by atoms with Crippen molar-refractivity contribution in [3.05, 3.63) is 81.2 Å². The van der Waals surface area contributed by atoms with E-state index in [2.05, 4.69) is 13.8 Å². The van der Waals surface area contributed by atoms with Crippen molar-refractivity contribution in [1.29, 1.82) is 0 Å². The minimum absolute atomic E-state index is 0.0840. The zero-order valence-corrected chi connectivity index (χ0v) is 24.2. The normalized spacial score (nSPS) is 11.6. The summed E-state index contributed by atoms with van der Waals surface area (Å²) >= 11 is 0.794. The molecule has 0 aliphatic heterocycles. The first-order valence-corrected chi connectivity index (χ1v) is 14.1. The third-order valence-electron chi connectivity index (χ3n) is 6.93. The van der Waals surface area contributed by atoms with E-state index < -0.39 is 108 Å². The van der Waals surface area contributed by atoms with Crippen molar-refractivity contribution < 1.29 is 57.1 Å². The van der Waals surface area contributed by atoms with Gasteiger partial charge in [0.05, 0.1) is 22.3 Å². The summed E-state index contributed by atoms with van der Waals surface area (Å²) in [6, 6.07) is 0. The van der Waals surface area contributed by atoms with Gasteiger partial charge in [0.2, 0.25) is 5.82 Å². The van der Waals surface area contributed by atoms with Crippen LogP contribution >= 0.6 is 11.8 Å². The summed E-state index contributed by atoms with van der Waals surface area (Å²) in [5, 5.41) is 0. The number of hydrogen-bond donors (Lipinski definition) is 0. The number of unbranched alkanes of at least 4 members (excludes halogenated alkanes) is 2. The summed E-state index contributed by atoms with van der Waals surface area (Å²) in [6.07, 6.45) is 5.27. The lowest BCUT2D eigenvalue weighted by Crippen LogP contribution is -2.25. The van der Waals surface area contributed by atoms with Crippen LogP contribution in [0.15, 0.2) is 0 Å². The highest BCUT2D eigenvalue weighted by Crippen LogP contribution is 2.48. The van der Waals surface area contributed by atoms with Crippen molar-refractivity contribution in [3.63, 3.8) is 0 Å². The third kappa shape index (κ3) is 6.08. The first-order chi connectivity index (χ1) is 20.1. The van der Waals surface area contributed by atoms with E-state index in [-0.39, 0.29) is 12.8 Å². The molecule has 0 aliphatic rings. The van der Waals surface area contributed by atoms with Gasteiger partial charge in [-0.15, -0.1) is 0 Å². The van der Waals surface area contributed by atoms with E-state index in [0.29, 0.717) is 0 Å². The van der Waals surface area contributed by atoms with Crippen molar-refractivity contribution in [2.24, 2.45) is 0 Å². The molecule has 0 unspecified atom stereocenters. The van der Waals surface area contributed by atoms with E-state index in [0.717, 1.165) is 11.8 Å². The second-order valence-electron chi connectivity index (χ2n) is 9.22. The van der Waals surface area contributed by atoms with Gasteiger partial charge in [-0.1, -0.05) is 47.0 Å². The summed E-state index contributed by atoms with van der Waals surface area (Å²) in [6.45, 7) is 7.27. The molecule has 0 bridgehead atoms. The Bertz CT molecular complexity index is 1420. The highest BCUT2D eigenvalue weighted by Gasteiger charge is 2.41. The summed E-state index contributed by atoms with van der Waals surface area (Å²) in [7, 11) is 0. The van der Waals surface area contributed by atoms with E-state index in [9.17, 15) is 39.5 Å². The summed E-state index contributed by atoms with van der Waals surface area (Å²) in [5.41, 5.74) is -10.7. The largest absolute Gasteiger partial charge is 0.203 e. The lowest BCUT2D eigenvalue weighted by atomic mass is 9.88. The summed E-state index contributed by atoms with van der Waals surface area (Å²) in [5.74, 6) is -34.6. The maximum atomic E-state index is 15.0. The Labute approximate surface area is 243 Å². The van der Waals surface area contributed by atoms with Crippen LogP contribution in [0.25, 0.3) is 22.3 Å². The van der Waals surface area contributed by atoms with Gasteiger partial charge < -0.3 is 0 Å². The maximum absolute atomic E-state index is 15.0. The molecule has 0 aromatic heterocycles. The van der Waals surface area contributed by atoms with E-state index in [4.69, 9.17) is 0 Å². The van der Waals surface area contributed by atoms with Crippen molar-refractivity contribution >= 4 is 11.8 Å². The minimum Gasteiger partial charge on any atom is -0.203 e. The van der Waals surface area contributed by atoms with E-state index >= 15 is 17.6 Å². The number of rotatable bonds is 8. The molecule has 0 saturated carbocycles. The van der Waals surface area contributed by atoms with Crippen molar-refractivity contribution in [1.82, 2.24) is 0 Å². The van der Waals surface area contributed by atoms with Gasteiger partial charge in [-0.2, -0.15) is 11.8 Å². The summed E-state index contributed by atoms with van der Waals surface area (Å²) in [4.78, 5) is 0. The molecule has 3 aromatic carbocycles. The second-order valence-corrected chi connectivity index (χ2v) is 10.4. The molecule has 0 N–H and O–H groups in total. The van der Waals surface area contributed by atoms with E-state index in [1.165, 1.54) is 39.4 Å². The molecule has 0 nitrogen and oxygen atoms in total. The average molecular weight is 653 g/mol. The molecule has 0 aliphatic carbocycles. The topological polar surface area (TPSA) is 0 Å². The molecule has 43 heavy (non-hydrogen) atoms. The first kappa shape index (κ1) is 36.3. The van der Waals surface area contributed by atoms with Crippen LogP contribution < -0.4 is 0 Å². The molecule has 3 rings (SSSR count). The molecule has 0 amide bonds. The maximum Gasteiger partial charge on any atom is 0.200 e. The van der Waals surface area contributed by atoms with Gasteiger partial charge in [0.25, 0.3) is 0 Å². The molecule has 0 atom stereocenters. The third-order valence-corrected chi connectivity index (χ3v) is 8.50. The van der Waals surface area contributed by atoms with Gasteiger partial charge in [-0.05, 0) is 19.1 Å². The molecule has 0 radical (unpaired) electrons. The van der Waals surface area contributed by atoms with Crippen molar-refractivity contribution in [3.8, 4) is 22.3 Å². The van der Waals surface area contributed by atoms with Crippen LogP contribution in [0, 0.1) is 75.6 Å². The smallest absolute Gasteiger partial charge is 0.200 e. The molecule has 3 aromatic rings. The van der Waals surface area contributed by atoms with Gasteiger partial charge in [0.1, 0.15) is 0 Å². The fraction of sp³-hybridized carbons (Fsp3) is 0.379. The average Bonchev–Trinajstić information content (AvgIpc) is 2.99. The zero-order chi connectivity index (χ0) is 33.1. The predicted molar refractivity (Wildman–Crippen MR) is 138 cm³/mol. The predicted octanol–water partition coefficient (Wildman–Crippen LogP) is 11.4. The van der Waals surface area contributed by atoms with Crippen LogP contribution in [0.2, 0.25) is 0 Å². The fourth-order valence-corrected chi connectivity index (χ4v) is 5.45. The molecular weight excluding hydrogens is 627 g/mol. The van der Waals surface area contributed by atoms with Gasteiger partial charge in [-0.25, -0.2) is 57.1 Å². The quantitative estimate of drug-likeness (QED) is 0.133. The highest BCUT2D eigenvalue weighted by molar-refractivity contribution is 7.99. The Morgan fingerprint density at radius 2 is 0.628 bits per heavy atom. The Morgan fingerprint density at radius 3 is 0.837 bits per heavy atom. The Morgan fingerprint density at radius 1 is 0.395 bits per heavy atom. The van der Waals surface area contributed by atoms with Crippen LogP contribution in [0.4, 0.5) is 57.1 Å². The Kier molecular flexibility index (Phi) is 12.0. The molecule has 238 valence electrons. The minimum atomic E-state index is -2.87. The Hall–Kier alpha value is -2.90. The molecule has 0 saturated heterocycles. The SMILES string of the molecule is CCC(CC)(SC)c1c(F)c(F)c(-c2c(F)c(F)c(-c3c(F)c(F)c(F)c(F)c3F)c(F)c2F)c(F)c1F.CCCCC. The highest BCUT2D eigenvalue weighted by atomic mass is 32.2. The van der Waals surface area contributed by atoms with Crippen LogP contribution in [-0.2, 0) is 4.75 Å². The van der Waals surface area contributed by atoms with Crippen LogP contribution in [0.5, 0.6) is 0 Å². The van der Waals surface area contributed by atoms with Crippen molar-refractivity contribution in [2.75, 3.05) is 6.26 Å². The molecule has 0 fully saturated rings. The number of hydrogen-bond acceptors (Lipinski definition) is 1. The molecule has 0 heterocycles. The molecular formula is C29H25F13S. The van der Waals surface area contributed by atoms with Gasteiger partial charge in [-0.3, -0.25) is 0 Å². The molecule has 0 spiro atoms. The zero-order valence-electron chi connectivity index (χ0n) is 23.4. The summed E-state index contributed by atoms with van der Waals surface area (Å²) < 4.78 is 187. The number of halogens is 13. The monoisotopic (exact) mass is 652 g/mol. The lowest BCUT2D eigenvalue weighted by Gasteiger charge is -2.31. The van der Waals surface area contributed by atoms with Crippen LogP contribution in [0.3, 0.4) is 0 Å². The Balaban J connectivity index is 0.00000119. The molecule has 14 heteroatoms. The van der Waals surface area contributed by atoms with E-state index in [1.54, 1.807) is 0 Å². The fourth-order valence-electron chi connectivity index (χ4n) is 4.49. The number of thioether (sulfide) groups is 1. The van der Waals surface area contributed by atoms with E-state index in [1.807, 2.05) is 0 Å². The standard InChI is InChI=1S/C24H13F13S.C5H12/c1-4-24(5-2,38-3)10-19(33)15(29)8(16(30)20(10)34)6-11(25)13(27)7(14(28)12(6)26)9-17(31)21(35)23(37)22(36)18(9)32;1-3-5-4-2/h4-5H2,1-3H3;3-5H2,1-2H3. The lowest BCUT2D eigenvalue weighted by molar-refractivity contribution is 0.379. The van der Waals surface area contributed by atoms with Gasteiger partial charge >= 0.3 is 0 Å². The first-order valence-electron chi connectivity index (χ1n) is 12.9. The van der Waals surface area contributed by atoms with Crippen LogP contribution in [-0.4, -0.2) is 6.26 Å². The van der Waals surface area contributed by atoms with Crippen molar-refractivity contribution in [2.45, 2.75) is 64.5 Å². The van der Waals surface area contributed by atoms with Gasteiger partial charge in [0.15, 0.2) is 69.8 Å². The number of benzene rings is 3. The second kappa shape index (κ2) is 14.3.